The molecule has 3 rings (SSSR count). The van der Waals surface area contributed by atoms with Crippen LogP contribution in [-0.4, -0.2) is 5.97 Å². The molecule has 0 aromatic heterocycles. The van der Waals surface area contributed by atoms with Gasteiger partial charge in [0.15, 0.2) is 0 Å². The summed E-state index contributed by atoms with van der Waals surface area (Å²) in [4.78, 5) is 12.3. The Labute approximate surface area is 142 Å². The van der Waals surface area contributed by atoms with E-state index in [-0.39, 0.29) is 23.2 Å². The van der Waals surface area contributed by atoms with E-state index in [1.165, 1.54) is 39.0 Å². The molecule has 0 unspecified atom stereocenters. The monoisotopic (exact) mass is 336 g/mol. The molecule has 132 valence electrons. The highest BCUT2D eigenvalue weighted by Gasteiger charge is 2.32. The summed E-state index contributed by atoms with van der Waals surface area (Å²) in [5.41, 5.74) is -0.0530. The predicted molar refractivity (Wildman–Crippen MR) is 88.8 cm³/mol. The fraction of sp³-hybridized carbons (Fsp3) is 0.650. The smallest absolute Gasteiger partial charge is 0.314 e. The molecule has 4 heteroatoms. The van der Waals surface area contributed by atoms with Crippen molar-refractivity contribution in [2.24, 2.45) is 17.8 Å². The normalized spacial score (nSPS) is 25.5. The Balaban J connectivity index is 1.53. The van der Waals surface area contributed by atoms with Crippen molar-refractivity contribution >= 4 is 5.97 Å². The molecule has 1 aromatic rings. The number of carbonyl (C=O) groups excluding carboxylic acids is 1. The van der Waals surface area contributed by atoms with Gasteiger partial charge in [0, 0.05) is 17.7 Å². The number of halogens is 2. The van der Waals surface area contributed by atoms with Gasteiger partial charge in [-0.25, -0.2) is 8.78 Å². The van der Waals surface area contributed by atoms with Crippen LogP contribution in [0.2, 0.25) is 0 Å². The quantitative estimate of drug-likeness (QED) is 0.533. The zero-order chi connectivity index (χ0) is 17.1. The summed E-state index contributed by atoms with van der Waals surface area (Å²) in [6.45, 7) is 1.36. The van der Waals surface area contributed by atoms with Crippen molar-refractivity contribution in [3.63, 3.8) is 0 Å². The molecular formula is C20H26F2O2. The van der Waals surface area contributed by atoms with Crippen LogP contribution >= 0.6 is 0 Å². The zero-order valence-electron chi connectivity index (χ0n) is 14.3. The van der Waals surface area contributed by atoms with Gasteiger partial charge in [-0.05, 0) is 44.4 Å². The fourth-order valence-corrected chi connectivity index (χ4v) is 4.31. The molecule has 0 aliphatic heterocycles. The van der Waals surface area contributed by atoms with Crippen LogP contribution in [-0.2, 0) is 4.79 Å². The standard InChI is InChI=1S/C20H26F2O2/c1-13-18(21)11-17(12-19(13)22)24-20(23)16-9-7-15(8-10-16)14-5-3-2-4-6-14/h11-12,14-16H,2-10H2,1H3. The van der Waals surface area contributed by atoms with Gasteiger partial charge in [0.05, 0.1) is 5.92 Å². The van der Waals surface area contributed by atoms with E-state index < -0.39 is 11.6 Å². The SMILES string of the molecule is Cc1c(F)cc(OC(=O)C2CCC(C3CCCCC3)CC2)cc1F. The van der Waals surface area contributed by atoms with Gasteiger partial charge < -0.3 is 4.74 Å². The lowest BCUT2D eigenvalue weighted by Crippen LogP contribution is -2.29. The fourth-order valence-electron chi connectivity index (χ4n) is 4.31. The summed E-state index contributed by atoms with van der Waals surface area (Å²) in [7, 11) is 0. The number of ether oxygens (including phenoxy) is 1. The third kappa shape index (κ3) is 3.96. The van der Waals surface area contributed by atoms with Crippen molar-refractivity contribution in [1.29, 1.82) is 0 Å². The summed E-state index contributed by atoms with van der Waals surface area (Å²) >= 11 is 0. The molecule has 2 aliphatic carbocycles. The molecule has 0 saturated heterocycles. The van der Waals surface area contributed by atoms with Crippen LogP contribution in [0.5, 0.6) is 5.75 Å². The minimum absolute atomic E-state index is 0.0324. The highest BCUT2D eigenvalue weighted by Crippen LogP contribution is 2.40. The molecule has 0 N–H and O–H groups in total. The summed E-state index contributed by atoms with van der Waals surface area (Å²) in [6.07, 6.45) is 10.5. The first-order chi connectivity index (χ1) is 11.5. The maximum Gasteiger partial charge on any atom is 0.314 e. The Kier molecular flexibility index (Phi) is 5.52. The van der Waals surface area contributed by atoms with E-state index >= 15 is 0 Å². The van der Waals surface area contributed by atoms with Crippen LogP contribution in [0.1, 0.15) is 63.4 Å². The van der Waals surface area contributed by atoms with Gasteiger partial charge >= 0.3 is 5.97 Å². The molecule has 24 heavy (non-hydrogen) atoms. The molecule has 2 aliphatic rings. The number of carbonyl (C=O) groups is 1. The minimum atomic E-state index is -0.682. The van der Waals surface area contributed by atoms with Crippen molar-refractivity contribution < 1.29 is 18.3 Å². The Morgan fingerprint density at radius 3 is 2.04 bits per heavy atom. The number of benzene rings is 1. The van der Waals surface area contributed by atoms with Crippen molar-refractivity contribution in [3.8, 4) is 5.75 Å². The first-order valence-electron chi connectivity index (χ1n) is 9.22. The van der Waals surface area contributed by atoms with E-state index in [2.05, 4.69) is 0 Å². The van der Waals surface area contributed by atoms with Crippen LogP contribution < -0.4 is 4.74 Å². The Bertz CT molecular complexity index is 562. The average Bonchev–Trinajstić information content (AvgIpc) is 2.60. The molecule has 1 aromatic carbocycles. The molecule has 2 fully saturated rings. The third-order valence-corrected chi connectivity index (χ3v) is 5.89. The number of rotatable bonds is 3. The molecular weight excluding hydrogens is 310 g/mol. The van der Waals surface area contributed by atoms with Gasteiger partial charge in [0.2, 0.25) is 0 Å². The summed E-state index contributed by atoms with van der Waals surface area (Å²) in [6, 6.07) is 2.17. The lowest BCUT2D eigenvalue weighted by Gasteiger charge is -2.35. The second-order valence-corrected chi connectivity index (χ2v) is 7.44. The molecule has 0 bridgehead atoms. The number of hydrogen-bond acceptors (Lipinski definition) is 2. The Morgan fingerprint density at radius 2 is 1.46 bits per heavy atom. The Morgan fingerprint density at radius 1 is 0.917 bits per heavy atom. The van der Waals surface area contributed by atoms with E-state index in [1.54, 1.807) is 0 Å². The first kappa shape index (κ1) is 17.4. The lowest BCUT2D eigenvalue weighted by atomic mass is 9.71. The second-order valence-electron chi connectivity index (χ2n) is 7.44. The molecule has 0 atom stereocenters. The van der Waals surface area contributed by atoms with E-state index in [0.717, 1.165) is 49.7 Å². The average molecular weight is 336 g/mol. The van der Waals surface area contributed by atoms with E-state index in [1.807, 2.05) is 0 Å². The highest BCUT2D eigenvalue weighted by molar-refractivity contribution is 5.75. The topological polar surface area (TPSA) is 26.3 Å². The zero-order valence-corrected chi connectivity index (χ0v) is 14.3. The van der Waals surface area contributed by atoms with Crippen LogP contribution in [0, 0.1) is 36.3 Å². The van der Waals surface area contributed by atoms with Gasteiger partial charge in [0.1, 0.15) is 17.4 Å². The molecule has 2 nitrogen and oxygen atoms in total. The van der Waals surface area contributed by atoms with E-state index in [0.29, 0.717) is 0 Å². The van der Waals surface area contributed by atoms with Crippen LogP contribution in [0.25, 0.3) is 0 Å². The maximum absolute atomic E-state index is 13.6. The van der Waals surface area contributed by atoms with Crippen molar-refractivity contribution in [2.75, 3.05) is 0 Å². The van der Waals surface area contributed by atoms with Gasteiger partial charge in [-0.15, -0.1) is 0 Å². The van der Waals surface area contributed by atoms with Crippen molar-refractivity contribution in [2.45, 2.75) is 64.7 Å². The number of esters is 1. The summed E-state index contributed by atoms with van der Waals surface area (Å²) in [5.74, 6) is -0.316. The molecule has 0 heterocycles. The van der Waals surface area contributed by atoms with Gasteiger partial charge in [-0.3, -0.25) is 4.79 Å². The van der Waals surface area contributed by atoms with E-state index in [4.69, 9.17) is 4.74 Å². The maximum atomic E-state index is 13.6. The summed E-state index contributed by atoms with van der Waals surface area (Å²) < 4.78 is 32.3. The third-order valence-electron chi connectivity index (χ3n) is 5.89. The minimum Gasteiger partial charge on any atom is -0.426 e. The van der Waals surface area contributed by atoms with Crippen molar-refractivity contribution in [1.82, 2.24) is 0 Å². The van der Waals surface area contributed by atoms with Crippen LogP contribution in [0.4, 0.5) is 8.78 Å². The van der Waals surface area contributed by atoms with Crippen LogP contribution in [0.3, 0.4) is 0 Å². The lowest BCUT2D eigenvalue weighted by molar-refractivity contribution is -0.140. The second kappa shape index (κ2) is 7.62. The Hall–Kier alpha value is -1.45. The molecule has 2 saturated carbocycles. The molecule has 0 amide bonds. The first-order valence-corrected chi connectivity index (χ1v) is 9.22. The van der Waals surface area contributed by atoms with Crippen molar-refractivity contribution in [3.05, 3.63) is 29.3 Å². The largest absolute Gasteiger partial charge is 0.426 e. The van der Waals surface area contributed by atoms with Gasteiger partial charge in [-0.2, -0.15) is 0 Å². The summed E-state index contributed by atoms with van der Waals surface area (Å²) in [5, 5.41) is 0. The molecule has 0 spiro atoms. The van der Waals surface area contributed by atoms with Crippen LogP contribution in [0.15, 0.2) is 12.1 Å². The van der Waals surface area contributed by atoms with Gasteiger partial charge in [0.25, 0.3) is 0 Å². The number of hydrogen-bond donors (Lipinski definition) is 0. The van der Waals surface area contributed by atoms with E-state index in [9.17, 15) is 13.6 Å². The van der Waals surface area contributed by atoms with Gasteiger partial charge in [-0.1, -0.05) is 32.1 Å². The highest BCUT2D eigenvalue weighted by atomic mass is 19.1. The predicted octanol–water partition coefficient (Wildman–Crippen LogP) is 5.57. The molecule has 0 radical (unpaired) electrons.